The summed E-state index contributed by atoms with van der Waals surface area (Å²) in [7, 11) is 1.63. The van der Waals surface area contributed by atoms with Crippen LogP contribution in [-0.2, 0) is 0 Å². The first-order chi connectivity index (χ1) is 7.20. The Morgan fingerprint density at radius 3 is 2.40 bits per heavy atom. The first-order valence-electron chi connectivity index (χ1n) is 4.58. The highest BCUT2D eigenvalue weighted by molar-refractivity contribution is 5.61. The van der Waals surface area contributed by atoms with Crippen LogP contribution in [0.1, 0.15) is 5.69 Å². The lowest BCUT2D eigenvalue weighted by atomic mass is 10.1. The smallest absolute Gasteiger partial charge is 0.292 e. The molecule has 0 aliphatic rings. The van der Waals surface area contributed by atoms with Crippen LogP contribution in [0.2, 0.25) is 0 Å². The molecule has 15 heavy (non-hydrogen) atoms. The predicted molar refractivity (Wildman–Crippen MR) is 57.6 cm³/mol. The molecule has 4 nitrogen and oxygen atoms in total. The Morgan fingerprint density at radius 1 is 1.27 bits per heavy atom. The molecule has 1 heterocycles. The summed E-state index contributed by atoms with van der Waals surface area (Å²) in [5, 5.41) is 0. The summed E-state index contributed by atoms with van der Waals surface area (Å²) in [5.74, 6) is 1.51. The number of nitrogens with zero attached hydrogens (tertiary/aromatic N) is 1. The van der Waals surface area contributed by atoms with Crippen LogP contribution < -0.4 is 10.5 Å². The molecule has 1 aromatic heterocycles. The molecule has 2 rings (SSSR count). The van der Waals surface area contributed by atoms with Gasteiger partial charge in [-0.3, -0.25) is 0 Å². The number of oxazole rings is 1. The number of aromatic nitrogens is 1. The monoisotopic (exact) mass is 204 g/mol. The van der Waals surface area contributed by atoms with Gasteiger partial charge in [-0.1, -0.05) is 0 Å². The fourth-order valence-corrected chi connectivity index (χ4v) is 1.43. The van der Waals surface area contributed by atoms with Crippen LogP contribution in [0.25, 0.3) is 11.3 Å². The lowest BCUT2D eigenvalue weighted by Crippen LogP contribution is -1.83. The normalized spacial score (nSPS) is 10.3. The fourth-order valence-electron chi connectivity index (χ4n) is 1.43. The third kappa shape index (κ3) is 1.79. The van der Waals surface area contributed by atoms with Gasteiger partial charge in [-0.25, -0.2) is 0 Å². The minimum Gasteiger partial charge on any atom is -0.497 e. The average molecular weight is 204 g/mol. The largest absolute Gasteiger partial charge is 0.497 e. The summed E-state index contributed by atoms with van der Waals surface area (Å²) in [4.78, 5) is 4.01. The minimum atomic E-state index is 0.193. The van der Waals surface area contributed by atoms with Crippen LogP contribution in [-0.4, -0.2) is 12.1 Å². The summed E-state index contributed by atoms with van der Waals surface area (Å²) in [5.41, 5.74) is 7.20. The number of anilines is 1. The van der Waals surface area contributed by atoms with Crippen molar-refractivity contribution in [1.82, 2.24) is 4.98 Å². The number of hydrogen-bond acceptors (Lipinski definition) is 4. The van der Waals surface area contributed by atoms with E-state index in [0.29, 0.717) is 5.76 Å². The van der Waals surface area contributed by atoms with E-state index in [4.69, 9.17) is 14.9 Å². The molecule has 0 saturated heterocycles. The van der Waals surface area contributed by atoms with Crippen LogP contribution in [0.4, 0.5) is 6.01 Å². The molecule has 78 valence electrons. The first kappa shape index (κ1) is 9.58. The van der Waals surface area contributed by atoms with Crippen molar-refractivity contribution in [2.75, 3.05) is 12.8 Å². The first-order valence-corrected chi connectivity index (χ1v) is 4.58. The van der Waals surface area contributed by atoms with Gasteiger partial charge in [0.1, 0.15) is 5.75 Å². The molecule has 0 saturated carbocycles. The standard InChI is InChI=1S/C11H12N2O2/c1-7-10(15-11(12)13-7)8-3-5-9(14-2)6-4-8/h3-6H,1-2H3,(H2,12,13). The molecular formula is C11H12N2O2. The van der Waals surface area contributed by atoms with Crippen molar-refractivity contribution >= 4 is 6.01 Å². The van der Waals surface area contributed by atoms with Crippen molar-refractivity contribution in [3.8, 4) is 17.1 Å². The molecule has 0 amide bonds. The van der Waals surface area contributed by atoms with E-state index in [1.165, 1.54) is 0 Å². The Kier molecular flexibility index (Phi) is 2.33. The summed E-state index contributed by atoms with van der Waals surface area (Å²) in [6, 6.07) is 7.75. The zero-order valence-corrected chi connectivity index (χ0v) is 8.65. The van der Waals surface area contributed by atoms with E-state index in [9.17, 15) is 0 Å². The van der Waals surface area contributed by atoms with Gasteiger partial charge in [-0.2, -0.15) is 4.98 Å². The van der Waals surface area contributed by atoms with E-state index in [1.807, 2.05) is 31.2 Å². The van der Waals surface area contributed by atoms with Gasteiger partial charge >= 0.3 is 0 Å². The van der Waals surface area contributed by atoms with Crippen LogP contribution in [0.3, 0.4) is 0 Å². The van der Waals surface area contributed by atoms with Gasteiger partial charge in [0.25, 0.3) is 6.01 Å². The van der Waals surface area contributed by atoms with Gasteiger partial charge in [0.15, 0.2) is 5.76 Å². The number of nitrogen functional groups attached to an aromatic ring is 1. The average Bonchev–Trinajstić information content (AvgIpc) is 2.58. The van der Waals surface area contributed by atoms with Crippen molar-refractivity contribution in [1.29, 1.82) is 0 Å². The molecule has 4 heteroatoms. The van der Waals surface area contributed by atoms with Gasteiger partial charge in [0.05, 0.1) is 12.8 Å². The van der Waals surface area contributed by atoms with E-state index in [2.05, 4.69) is 4.98 Å². The van der Waals surface area contributed by atoms with Crippen LogP contribution in [0.15, 0.2) is 28.7 Å². The van der Waals surface area contributed by atoms with Crippen LogP contribution in [0, 0.1) is 6.92 Å². The topological polar surface area (TPSA) is 61.3 Å². The Hall–Kier alpha value is -1.97. The quantitative estimate of drug-likeness (QED) is 0.814. The van der Waals surface area contributed by atoms with Gasteiger partial charge < -0.3 is 14.9 Å². The van der Waals surface area contributed by atoms with E-state index in [-0.39, 0.29) is 6.01 Å². The van der Waals surface area contributed by atoms with E-state index < -0.39 is 0 Å². The molecule has 0 bridgehead atoms. The Morgan fingerprint density at radius 2 is 1.93 bits per heavy atom. The number of nitrogens with two attached hydrogens (primary N) is 1. The lowest BCUT2D eigenvalue weighted by Gasteiger charge is -2.00. The second-order valence-electron chi connectivity index (χ2n) is 3.20. The van der Waals surface area contributed by atoms with Crippen molar-refractivity contribution in [3.05, 3.63) is 30.0 Å². The second kappa shape index (κ2) is 3.65. The zero-order chi connectivity index (χ0) is 10.8. The Bertz CT molecular complexity index is 460. The highest BCUT2D eigenvalue weighted by Gasteiger charge is 2.09. The Labute approximate surface area is 87.7 Å². The molecule has 0 aliphatic carbocycles. The molecule has 0 fully saturated rings. The molecule has 0 aliphatic heterocycles. The van der Waals surface area contributed by atoms with Crippen molar-refractivity contribution in [2.45, 2.75) is 6.92 Å². The lowest BCUT2D eigenvalue weighted by molar-refractivity contribution is 0.415. The van der Waals surface area contributed by atoms with Gasteiger partial charge in [0, 0.05) is 5.56 Å². The molecule has 0 atom stereocenters. The molecule has 2 N–H and O–H groups in total. The highest BCUT2D eigenvalue weighted by atomic mass is 16.5. The third-order valence-corrected chi connectivity index (χ3v) is 2.17. The predicted octanol–water partition coefficient (Wildman–Crippen LogP) is 2.24. The SMILES string of the molecule is COc1ccc(-c2oc(N)nc2C)cc1. The number of hydrogen-bond donors (Lipinski definition) is 1. The maximum Gasteiger partial charge on any atom is 0.292 e. The zero-order valence-electron chi connectivity index (χ0n) is 8.65. The summed E-state index contributed by atoms with van der Waals surface area (Å²) < 4.78 is 10.4. The summed E-state index contributed by atoms with van der Waals surface area (Å²) in [6.45, 7) is 1.86. The summed E-state index contributed by atoms with van der Waals surface area (Å²) in [6.07, 6.45) is 0. The number of ether oxygens (including phenoxy) is 1. The van der Waals surface area contributed by atoms with Crippen molar-refractivity contribution in [3.63, 3.8) is 0 Å². The number of rotatable bonds is 2. The van der Waals surface area contributed by atoms with Gasteiger partial charge in [-0.15, -0.1) is 0 Å². The molecular weight excluding hydrogens is 192 g/mol. The third-order valence-electron chi connectivity index (χ3n) is 2.17. The molecule has 2 aromatic rings. The van der Waals surface area contributed by atoms with Gasteiger partial charge in [0.2, 0.25) is 0 Å². The van der Waals surface area contributed by atoms with Gasteiger partial charge in [-0.05, 0) is 31.2 Å². The molecule has 1 aromatic carbocycles. The van der Waals surface area contributed by atoms with Crippen molar-refractivity contribution in [2.24, 2.45) is 0 Å². The minimum absolute atomic E-state index is 0.193. The number of aryl methyl sites for hydroxylation is 1. The van der Waals surface area contributed by atoms with E-state index in [0.717, 1.165) is 17.0 Å². The van der Waals surface area contributed by atoms with Crippen molar-refractivity contribution < 1.29 is 9.15 Å². The number of methoxy groups -OCH3 is 1. The van der Waals surface area contributed by atoms with E-state index in [1.54, 1.807) is 7.11 Å². The van der Waals surface area contributed by atoms with E-state index >= 15 is 0 Å². The molecule has 0 spiro atoms. The maximum atomic E-state index is 5.47. The molecule has 0 unspecified atom stereocenters. The second-order valence-corrected chi connectivity index (χ2v) is 3.20. The Balaban J connectivity index is 2.41. The summed E-state index contributed by atoms with van der Waals surface area (Å²) >= 11 is 0. The van der Waals surface area contributed by atoms with Crippen LogP contribution in [0.5, 0.6) is 5.75 Å². The number of benzene rings is 1. The van der Waals surface area contributed by atoms with Crippen LogP contribution >= 0.6 is 0 Å². The maximum absolute atomic E-state index is 5.47. The highest BCUT2D eigenvalue weighted by Crippen LogP contribution is 2.26. The fraction of sp³-hybridized carbons (Fsp3) is 0.182. The molecule has 0 radical (unpaired) electrons.